The molecule has 7 heteroatoms. The smallest absolute Gasteiger partial charge is 0.301 e. The molecular weight excluding hydrogens is 188 g/mol. The number of rotatable bonds is 7. The summed E-state index contributed by atoms with van der Waals surface area (Å²) in [5.74, 6) is 0. The van der Waals surface area contributed by atoms with Gasteiger partial charge < -0.3 is 14.9 Å². The van der Waals surface area contributed by atoms with Crippen molar-refractivity contribution in [2.45, 2.75) is 6.10 Å². The Labute approximate surface area is 72.6 Å². The van der Waals surface area contributed by atoms with Gasteiger partial charge in [0, 0.05) is 0 Å². The van der Waals surface area contributed by atoms with Crippen molar-refractivity contribution in [2.75, 3.05) is 26.4 Å². The van der Waals surface area contributed by atoms with Gasteiger partial charge in [-0.1, -0.05) is 0 Å². The monoisotopic (exact) mass is 200 g/mol. The van der Waals surface area contributed by atoms with Gasteiger partial charge >= 0.3 is 11.4 Å². The van der Waals surface area contributed by atoms with Gasteiger partial charge in [-0.05, 0) is 0 Å². The second-order valence-corrected chi connectivity index (χ2v) is 2.62. The molecule has 0 bridgehead atoms. The van der Waals surface area contributed by atoms with Gasteiger partial charge in [-0.2, -0.15) is 4.21 Å². The lowest BCUT2D eigenvalue weighted by Gasteiger charge is -2.06. The number of aliphatic hydroxyl groups excluding tert-OH is 2. The molecule has 0 saturated carbocycles. The summed E-state index contributed by atoms with van der Waals surface area (Å²) in [6.45, 7) is -0.310. The van der Waals surface area contributed by atoms with Crippen LogP contribution in [-0.4, -0.2) is 51.5 Å². The standard InChI is InChI=1S/C5H12O6S/c6-3-5(7)4-10-1-2-11-12(8)9/h5-7H,1-4H2,(H,8,9). The van der Waals surface area contributed by atoms with Crippen molar-refractivity contribution in [1.82, 2.24) is 0 Å². The summed E-state index contributed by atoms with van der Waals surface area (Å²) < 4.78 is 27.0. The first-order valence-electron chi connectivity index (χ1n) is 3.27. The maximum absolute atomic E-state index is 9.90. The Balaban J connectivity index is 3.05. The highest BCUT2D eigenvalue weighted by atomic mass is 32.2. The zero-order valence-corrected chi connectivity index (χ0v) is 7.20. The minimum Gasteiger partial charge on any atom is -0.394 e. The fourth-order valence-corrected chi connectivity index (χ4v) is 0.647. The molecule has 0 aliphatic rings. The van der Waals surface area contributed by atoms with E-state index < -0.39 is 17.5 Å². The van der Waals surface area contributed by atoms with Crippen LogP contribution in [0.2, 0.25) is 0 Å². The molecule has 0 spiro atoms. The molecule has 0 aliphatic carbocycles. The van der Waals surface area contributed by atoms with Crippen LogP contribution in [0.1, 0.15) is 0 Å². The van der Waals surface area contributed by atoms with Crippen LogP contribution in [0.5, 0.6) is 0 Å². The van der Waals surface area contributed by atoms with E-state index in [1.807, 2.05) is 0 Å². The molecule has 3 N–H and O–H groups in total. The van der Waals surface area contributed by atoms with Crippen molar-refractivity contribution in [3.05, 3.63) is 0 Å². The molecular formula is C5H12O6S. The molecule has 0 saturated heterocycles. The quantitative estimate of drug-likeness (QED) is 0.342. The second-order valence-electron chi connectivity index (χ2n) is 1.95. The van der Waals surface area contributed by atoms with E-state index in [1.54, 1.807) is 0 Å². The number of hydrogen-bond donors (Lipinski definition) is 3. The van der Waals surface area contributed by atoms with Crippen LogP contribution in [0.15, 0.2) is 0 Å². The van der Waals surface area contributed by atoms with Crippen LogP contribution in [0.25, 0.3) is 0 Å². The normalized spacial score (nSPS) is 15.9. The van der Waals surface area contributed by atoms with Crippen molar-refractivity contribution in [3.8, 4) is 0 Å². The van der Waals surface area contributed by atoms with Crippen molar-refractivity contribution >= 4 is 11.4 Å². The fraction of sp³-hybridized carbons (Fsp3) is 1.00. The van der Waals surface area contributed by atoms with Crippen LogP contribution < -0.4 is 0 Å². The van der Waals surface area contributed by atoms with E-state index >= 15 is 0 Å². The molecule has 6 nitrogen and oxygen atoms in total. The van der Waals surface area contributed by atoms with Gasteiger partial charge in [0.1, 0.15) is 6.10 Å². The minimum atomic E-state index is -2.27. The summed E-state index contributed by atoms with van der Waals surface area (Å²) in [5, 5.41) is 17.1. The van der Waals surface area contributed by atoms with Crippen LogP contribution in [0.3, 0.4) is 0 Å². The lowest BCUT2D eigenvalue weighted by atomic mass is 10.4. The summed E-state index contributed by atoms with van der Waals surface area (Å²) in [6.07, 6.45) is -0.912. The fourth-order valence-electron chi connectivity index (χ4n) is 0.436. The van der Waals surface area contributed by atoms with Gasteiger partial charge in [0.25, 0.3) is 0 Å². The maximum Gasteiger partial charge on any atom is 0.301 e. The van der Waals surface area contributed by atoms with Crippen molar-refractivity contribution in [2.24, 2.45) is 0 Å². The number of aliphatic hydroxyl groups is 2. The molecule has 74 valence electrons. The van der Waals surface area contributed by atoms with E-state index in [1.165, 1.54) is 0 Å². The predicted molar refractivity (Wildman–Crippen MR) is 40.6 cm³/mol. The summed E-state index contributed by atoms with van der Waals surface area (Å²) in [6, 6.07) is 0. The minimum absolute atomic E-state index is 0.0159. The molecule has 0 aliphatic heterocycles. The van der Waals surface area contributed by atoms with Gasteiger partial charge in [0.2, 0.25) is 0 Å². The molecule has 0 radical (unpaired) electrons. The zero-order valence-electron chi connectivity index (χ0n) is 6.38. The average molecular weight is 200 g/mol. The number of hydrogen-bond acceptors (Lipinski definition) is 5. The van der Waals surface area contributed by atoms with Crippen LogP contribution in [-0.2, 0) is 20.3 Å². The molecule has 0 heterocycles. The molecule has 0 rings (SSSR count). The Kier molecular flexibility index (Phi) is 7.56. The van der Waals surface area contributed by atoms with Crippen molar-refractivity contribution in [3.63, 3.8) is 0 Å². The lowest BCUT2D eigenvalue weighted by molar-refractivity contribution is -0.00100. The Morgan fingerprint density at radius 1 is 1.42 bits per heavy atom. The van der Waals surface area contributed by atoms with Gasteiger partial charge in [-0.15, -0.1) is 0 Å². The largest absolute Gasteiger partial charge is 0.394 e. The highest BCUT2D eigenvalue weighted by Crippen LogP contribution is 1.85. The first-order chi connectivity index (χ1) is 5.66. The molecule has 0 amide bonds. The predicted octanol–water partition coefficient (Wildman–Crippen LogP) is -1.49. The van der Waals surface area contributed by atoms with E-state index in [-0.39, 0.29) is 26.4 Å². The third-order valence-electron chi connectivity index (χ3n) is 0.933. The van der Waals surface area contributed by atoms with Crippen LogP contribution >= 0.6 is 0 Å². The van der Waals surface area contributed by atoms with E-state index in [4.69, 9.17) is 19.5 Å². The Bertz CT molecular complexity index is 129. The Morgan fingerprint density at radius 2 is 2.08 bits per heavy atom. The highest BCUT2D eigenvalue weighted by Gasteiger charge is 2.01. The molecule has 2 unspecified atom stereocenters. The molecule has 2 atom stereocenters. The summed E-state index contributed by atoms with van der Waals surface area (Å²) in [7, 11) is 0. The average Bonchev–Trinajstić information content (AvgIpc) is 2.03. The zero-order chi connectivity index (χ0) is 9.40. The molecule has 0 aromatic rings. The van der Waals surface area contributed by atoms with Gasteiger partial charge in [-0.25, -0.2) is 0 Å². The van der Waals surface area contributed by atoms with E-state index in [0.29, 0.717) is 0 Å². The van der Waals surface area contributed by atoms with Crippen molar-refractivity contribution < 1.29 is 27.9 Å². The third-order valence-corrected chi connectivity index (χ3v) is 1.30. The van der Waals surface area contributed by atoms with E-state index in [9.17, 15) is 4.21 Å². The lowest BCUT2D eigenvalue weighted by Crippen LogP contribution is -2.20. The van der Waals surface area contributed by atoms with Crippen LogP contribution in [0.4, 0.5) is 0 Å². The summed E-state index contributed by atoms with van der Waals surface area (Å²) in [4.78, 5) is 0. The van der Waals surface area contributed by atoms with Crippen LogP contribution in [0, 0.1) is 0 Å². The molecule has 12 heavy (non-hydrogen) atoms. The van der Waals surface area contributed by atoms with Gasteiger partial charge in [-0.3, -0.25) is 8.74 Å². The number of ether oxygens (including phenoxy) is 1. The molecule has 0 aromatic carbocycles. The second kappa shape index (κ2) is 7.59. The van der Waals surface area contributed by atoms with E-state index in [0.717, 1.165) is 0 Å². The Morgan fingerprint density at radius 3 is 2.58 bits per heavy atom. The van der Waals surface area contributed by atoms with Crippen molar-refractivity contribution in [1.29, 1.82) is 0 Å². The van der Waals surface area contributed by atoms with Gasteiger partial charge in [0.05, 0.1) is 26.4 Å². The Hall–Kier alpha value is -0.0500. The maximum atomic E-state index is 9.90. The molecule has 0 fully saturated rings. The molecule has 0 aromatic heterocycles. The van der Waals surface area contributed by atoms with Gasteiger partial charge in [0.15, 0.2) is 0 Å². The summed E-state index contributed by atoms with van der Waals surface area (Å²) >= 11 is -2.27. The first kappa shape index (κ1) is 11.9. The van der Waals surface area contributed by atoms with E-state index in [2.05, 4.69) is 4.18 Å². The summed E-state index contributed by atoms with van der Waals surface area (Å²) in [5.41, 5.74) is 0. The topological polar surface area (TPSA) is 96.2 Å². The highest BCUT2D eigenvalue weighted by molar-refractivity contribution is 7.74. The first-order valence-corrected chi connectivity index (χ1v) is 4.30. The SMILES string of the molecule is O=S(O)OCCOCC(O)CO. The third kappa shape index (κ3) is 8.05.